The number of thiazole rings is 1. The second-order valence-electron chi connectivity index (χ2n) is 8.11. The number of imide groups is 1. The summed E-state index contributed by atoms with van der Waals surface area (Å²) in [5.41, 5.74) is 3.14. The number of likely N-dealkylation sites (tertiary alicyclic amines) is 1. The molecule has 1 aromatic carbocycles. The first kappa shape index (κ1) is 20.7. The molecule has 30 heavy (non-hydrogen) atoms. The molecular formula is C23H27N3O3S. The fraction of sp³-hybridized carbons (Fsp3) is 0.478. The zero-order valence-electron chi connectivity index (χ0n) is 17.2. The Bertz CT molecular complexity index is 913. The summed E-state index contributed by atoms with van der Waals surface area (Å²) in [5, 5.41) is 5.25. The standard InChI is InChI=1S/C23H27N3O3S/c1-2-5-15-8-10-16(11-9-15)19-14-30-23(24-19)25-20(27)12-13-26-21(28)17-6-3-4-7-18(17)22(26)29/h8-11,14,17-18H,2-7,12-13H2,1H3,(H,24,25,27)/t17-,18+. The lowest BCUT2D eigenvalue weighted by atomic mass is 9.81. The highest BCUT2D eigenvalue weighted by Crippen LogP contribution is 2.38. The smallest absolute Gasteiger partial charge is 0.233 e. The van der Waals surface area contributed by atoms with Gasteiger partial charge in [-0.05, 0) is 24.8 Å². The molecule has 6 nitrogen and oxygen atoms in total. The number of rotatable bonds is 7. The molecule has 0 bridgehead atoms. The number of hydrogen-bond donors (Lipinski definition) is 1. The van der Waals surface area contributed by atoms with Gasteiger partial charge < -0.3 is 5.32 Å². The number of amides is 3. The molecule has 0 radical (unpaired) electrons. The van der Waals surface area contributed by atoms with E-state index in [4.69, 9.17) is 0 Å². The van der Waals surface area contributed by atoms with Gasteiger partial charge in [0.2, 0.25) is 17.7 Å². The van der Waals surface area contributed by atoms with E-state index in [1.807, 2.05) is 5.38 Å². The molecule has 7 heteroatoms. The molecule has 158 valence electrons. The Kier molecular flexibility index (Phi) is 6.27. The Balaban J connectivity index is 1.31. The first-order chi connectivity index (χ1) is 14.6. The Morgan fingerprint density at radius 2 is 1.80 bits per heavy atom. The van der Waals surface area contributed by atoms with Crippen molar-refractivity contribution in [1.29, 1.82) is 0 Å². The average molecular weight is 426 g/mol. The van der Waals surface area contributed by atoms with E-state index in [0.717, 1.165) is 49.8 Å². The van der Waals surface area contributed by atoms with Gasteiger partial charge in [-0.25, -0.2) is 4.98 Å². The van der Waals surface area contributed by atoms with Gasteiger partial charge in [0.1, 0.15) is 0 Å². The SMILES string of the molecule is CCCc1ccc(-c2csc(NC(=O)CCN3C(=O)[C@H]4CCCC[C@H]4C3=O)n2)cc1. The van der Waals surface area contributed by atoms with Gasteiger partial charge >= 0.3 is 0 Å². The van der Waals surface area contributed by atoms with Gasteiger partial charge in [-0.2, -0.15) is 0 Å². The summed E-state index contributed by atoms with van der Waals surface area (Å²) < 4.78 is 0. The molecule has 1 aliphatic heterocycles. The zero-order valence-corrected chi connectivity index (χ0v) is 18.0. The second-order valence-corrected chi connectivity index (χ2v) is 8.97. The number of nitrogens with one attached hydrogen (secondary N) is 1. The molecule has 2 aromatic rings. The fourth-order valence-electron chi connectivity index (χ4n) is 4.44. The van der Waals surface area contributed by atoms with Crippen LogP contribution in [0.3, 0.4) is 0 Å². The number of anilines is 1. The quantitative estimate of drug-likeness (QED) is 0.672. The molecule has 1 aromatic heterocycles. The molecule has 2 heterocycles. The van der Waals surface area contributed by atoms with Crippen LogP contribution in [0, 0.1) is 11.8 Å². The molecule has 1 saturated heterocycles. The van der Waals surface area contributed by atoms with E-state index in [9.17, 15) is 14.4 Å². The molecule has 2 fully saturated rings. The van der Waals surface area contributed by atoms with E-state index in [-0.39, 0.29) is 42.5 Å². The van der Waals surface area contributed by atoms with Gasteiger partial charge in [0.05, 0.1) is 17.5 Å². The minimum atomic E-state index is -0.232. The number of aromatic nitrogens is 1. The second kappa shape index (κ2) is 9.08. The number of carbonyl (C=O) groups excluding carboxylic acids is 3. The van der Waals surface area contributed by atoms with E-state index in [1.165, 1.54) is 21.8 Å². The van der Waals surface area contributed by atoms with Crippen LogP contribution in [-0.4, -0.2) is 34.2 Å². The number of benzene rings is 1. The normalized spacial score (nSPS) is 21.0. The highest BCUT2D eigenvalue weighted by Gasteiger charge is 2.47. The molecule has 2 atom stereocenters. The summed E-state index contributed by atoms with van der Waals surface area (Å²) in [4.78, 5) is 43.2. The molecule has 0 spiro atoms. The molecular weight excluding hydrogens is 398 g/mol. The molecule has 3 amide bonds. The van der Waals surface area contributed by atoms with Crippen molar-refractivity contribution in [2.45, 2.75) is 51.9 Å². The molecule has 1 saturated carbocycles. The molecule has 1 aliphatic carbocycles. The minimum absolute atomic E-state index is 0.0948. The predicted molar refractivity (Wildman–Crippen MR) is 117 cm³/mol. The summed E-state index contributed by atoms with van der Waals surface area (Å²) in [5.74, 6) is -0.759. The summed E-state index contributed by atoms with van der Waals surface area (Å²) in [6.07, 6.45) is 5.85. The van der Waals surface area contributed by atoms with Crippen LogP contribution in [0.4, 0.5) is 5.13 Å². The molecule has 4 rings (SSSR count). The number of hydrogen-bond acceptors (Lipinski definition) is 5. The van der Waals surface area contributed by atoms with Crippen molar-refractivity contribution in [2.24, 2.45) is 11.8 Å². The summed E-state index contributed by atoms with van der Waals surface area (Å²) in [6, 6.07) is 8.32. The van der Waals surface area contributed by atoms with Crippen molar-refractivity contribution in [3.8, 4) is 11.3 Å². The van der Waals surface area contributed by atoms with E-state index in [0.29, 0.717) is 5.13 Å². The topological polar surface area (TPSA) is 79.4 Å². The number of nitrogens with zero attached hydrogens (tertiary/aromatic N) is 2. The average Bonchev–Trinajstić information content (AvgIpc) is 3.31. The van der Waals surface area contributed by atoms with Crippen molar-refractivity contribution in [3.63, 3.8) is 0 Å². The fourth-order valence-corrected chi connectivity index (χ4v) is 5.18. The number of fused-ring (bicyclic) bond motifs is 1. The highest BCUT2D eigenvalue weighted by molar-refractivity contribution is 7.14. The van der Waals surface area contributed by atoms with E-state index in [1.54, 1.807) is 0 Å². The lowest BCUT2D eigenvalue weighted by Gasteiger charge is -2.19. The maximum atomic E-state index is 12.5. The van der Waals surface area contributed by atoms with E-state index < -0.39 is 0 Å². The van der Waals surface area contributed by atoms with Crippen molar-refractivity contribution >= 4 is 34.2 Å². The largest absolute Gasteiger partial charge is 0.302 e. The first-order valence-corrected chi connectivity index (χ1v) is 11.6. The summed E-state index contributed by atoms with van der Waals surface area (Å²) >= 11 is 1.37. The Morgan fingerprint density at radius 3 is 2.43 bits per heavy atom. The summed E-state index contributed by atoms with van der Waals surface area (Å²) in [6.45, 7) is 2.31. The van der Waals surface area contributed by atoms with Gasteiger partial charge in [0, 0.05) is 23.9 Å². The van der Waals surface area contributed by atoms with Gasteiger partial charge in [-0.1, -0.05) is 50.5 Å². The zero-order chi connectivity index (χ0) is 21.1. The van der Waals surface area contributed by atoms with Gasteiger partial charge in [-0.3, -0.25) is 19.3 Å². The minimum Gasteiger partial charge on any atom is -0.302 e. The maximum Gasteiger partial charge on any atom is 0.233 e. The highest BCUT2D eigenvalue weighted by atomic mass is 32.1. The van der Waals surface area contributed by atoms with Crippen molar-refractivity contribution < 1.29 is 14.4 Å². The van der Waals surface area contributed by atoms with Gasteiger partial charge in [0.25, 0.3) is 0 Å². The van der Waals surface area contributed by atoms with Gasteiger partial charge in [-0.15, -0.1) is 11.3 Å². The third kappa shape index (κ3) is 4.31. The lowest BCUT2D eigenvalue weighted by Crippen LogP contribution is -2.34. The van der Waals surface area contributed by atoms with Crippen LogP contribution < -0.4 is 5.32 Å². The number of aryl methyl sites for hydroxylation is 1. The third-order valence-electron chi connectivity index (χ3n) is 6.03. The van der Waals surface area contributed by atoms with Crippen molar-refractivity contribution in [1.82, 2.24) is 9.88 Å². The Morgan fingerprint density at radius 1 is 1.13 bits per heavy atom. The van der Waals surface area contributed by atoms with Crippen LogP contribution in [0.15, 0.2) is 29.6 Å². The van der Waals surface area contributed by atoms with Crippen LogP contribution in [0.25, 0.3) is 11.3 Å². The Hall–Kier alpha value is -2.54. The first-order valence-electron chi connectivity index (χ1n) is 10.8. The number of carbonyl (C=O) groups is 3. The molecule has 2 aliphatic rings. The van der Waals surface area contributed by atoms with E-state index >= 15 is 0 Å². The maximum absolute atomic E-state index is 12.5. The van der Waals surface area contributed by atoms with Crippen LogP contribution in [0.5, 0.6) is 0 Å². The van der Waals surface area contributed by atoms with Crippen LogP contribution in [0.2, 0.25) is 0 Å². The Labute approximate surface area is 180 Å². The van der Waals surface area contributed by atoms with E-state index in [2.05, 4.69) is 41.5 Å². The summed E-state index contributed by atoms with van der Waals surface area (Å²) in [7, 11) is 0. The van der Waals surface area contributed by atoms with Gasteiger partial charge in [0.15, 0.2) is 5.13 Å². The monoisotopic (exact) mass is 425 g/mol. The molecule has 0 unspecified atom stereocenters. The lowest BCUT2D eigenvalue weighted by molar-refractivity contribution is -0.140. The van der Waals surface area contributed by atoms with Crippen LogP contribution >= 0.6 is 11.3 Å². The molecule has 1 N–H and O–H groups in total. The van der Waals surface area contributed by atoms with Crippen molar-refractivity contribution in [3.05, 3.63) is 35.2 Å². The predicted octanol–water partition coefficient (Wildman–Crippen LogP) is 4.27. The van der Waals surface area contributed by atoms with Crippen LogP contribution in [0.1, 0.15) is 51.0 Å². The third-order valence-corrected chi connectivity index (χ3v) is 6.79. The van der Waals surface area contributed by atoms with Crippen molar-refractivity contribution in [2.75, 3.05) is 11.9 Å². The van der Waals surface area contributed by atoms with Crippen LogP contribution in [-0.2, 0) is 20.8 Å².